The van der Waals surface area contributed by atoms with Crippen molar-refractivity contribution in [1.82, 2.24) is 10.3 Å². The standard InChI is InChI=1S/C8H13N3O4/c9-10-6(12)2-1-3-11-7(13)4-15-5-8(11)14/h1-5,9H2,(H,10,12). The van der Waals surface area contributed by atoms with E-state index in [1.165, 1.54) is 0 Å². The van der Waals surface area contributed by atoms with E-state index in [2.05, 4.69) is 0 Å². The van der Waals surface area contributed by atoms with Gasteiger partial charge < -0.3 is 4.74 Å². The van der Waals surface area contributed by atoms with Crippen LogP contribution in [0.5, 0.6) is 0 Å². The molecule has 1 aliphatic rings. The van der Waals surface area contributed by atoms with Crippen LogP contribution in [0, 0.1) is 0 Å². The van der Waals surface area contributed by atoms with Crippen LogP contribution < -0.4 is 11.3 Å². The topological polar surface area (TPSA) is 102 Å². The molecular formula is C8H13N3O4. The SMILES string of the molecule is NNC(=O)CCCN1C(=O)COCC1=O. The molecule has 1 rings (SSSR count). The molecule has 3 N–H and O–H groups in total. The highest BCUT2D eigenvalue weighted by Crippen LogP contribution is 2.03. The third kappa shape index (κ3) is 3.30. The molecule has 0 aromatic rings. The average molecular weight is 215 g/mol. The Labute approximate surface area is 86.5 Å². The summed E-state index contributed by atoms with van der Waals surface area (Å²) in [6.45, 7) is 0.0814. The molecule has 0 atom stereocenters. The molecule has 0 unspecified atom stereocenters. The second-order valence-electron chi connectivity index (χ2n) is 3.10. The van der Waals surface area contributed by atoms with Gasteiger partial charge in [0.05, 0.1) is 0 Å². The molecule has 1 fully saturated rings. The van der Waals surface area contributed by atoms with E-state index in [0.29, 0.717) is 6.42 Å². The fourth-order valence-corrected chi connectivity index (χ4v) is 1.24. The summed E-state index contributed by atoms with van der Waals surface area (Å²) in [5.41, 5.74) is 1.97. The molecule has 3 amide bonds. The highest BCUT2D eigenvalue weighted by Gasteiger charge is 2.25. The molecule has 0 spiro atoms. The number of nitrogens with two attached hydrogens (primary N) is 1. The van der Waals surface area contributed by atoms with Crippen LogP contribution in [0.2, 0.25) is 0 Å². The van der Waals surface area contributed by atoms with Crippen LogP contribution >= 0.6 is 0 Å². The zero-order valence-electron chi connectivity index (χ0n) is 8.19. The van der Waals surface area contributed by atoms with Gasteiger partial charge in [-0.3, -0.25) is 24.7 Å². The van der Waals surface area contributed by atoms with E-state index in [1.807, 2.05) is 5.43 Å². The molecule has 7 nitrogen and oxygen atoms in total. The van der Waals surface area contributed by atoms with Crippen LogP contribution in [0.3, 0.4) is 0 Å². The zero-order valence-corrected chi connectivity index (χ0v) is 8.19. The normalized spacial score (nSPS) is 16.7. The third-order valence-corrected chi connectivity index (χ3v) is 2.00. The number of hydrogen-bond donors (Lipinski definition) is 2. The Morgan fingerprint density at radius 2 is 2.00 bits per heavy atom. The van der Waals surface area contributed by atoms with E-state index >= 15 is 0 Å². The van der Waals surface area contributed by atoms with Crippen molar-refractivity contribution in [3.63, 3.8) is 0 Å². The number of rotatable bonds is 4. The number of nitrogens with one attached hydrogen (secondary N) is 1. The van der Waals surface area contributed by atoms with Crippen molar-refractivity contribution in [2.75, 3.05) is 19.8 Å². The first-order chi connectivity index (χ1) is 7.15. The van der Waals surface area contributed by atoms with Gasteiger partial charge in [-0.15, -0.1) is 0 Å². The van der Waals surface area contributed by atoms with Crippen molar-refractivity contribution in [1.29, 1.82) is 0 Å². The number of hydrazine groups is 1. The Kier molecular flexibility index (Phi) is 4.19. The minimum Gasteiger partial charge on any atom is -0.362 e. The number of nitrogens with zero attached hydrogens (tertiary/aromatic N) is 1. The minimum absolute atomic E-state index is 0.0746. The maximum Gasteiger partial charge on any atom is 0.255 e. The van der Waals surface area contributed by atoms with Crippen LogP contribution in [0.4, 0.5) is 0 Å². The summed E-state index contributed by atoms with van der Waals surface area (Å²) in [4.78, 5) is 34.3. The molecule has 1 saturated heterocycles. The molecular weight excluding hydrogens is 202 g/mol. The fourth-order valence-electron chi connectivity index (χ4n) is 1.24. The highest BCUT2D eigenvalue weighted by atomic mass is 16.5. The lowest BCUT2D eigenvalue weighted by molar-refractivity contribution is -0.158. The monoisotopic (exact) mass is 215 g/mol. The highest BCUT2D eigenvalue weighted by molar-refractivity contribution is 5.98. The minimum atomic E-state index is -0.362. The Balaban J connectivity index is 2.33. The molecule has 0 aromatic carbocycles. The van der Waals surface area contributed by atoms with Gasteiger partial charge in [-0.05, 0) is 6.42 Å². The van der Waals surface area contributed by atoms with Gasteiger partial charge in [0.15, 0.2) is 0 Å². The first kappa shape index (κ1) is 11.6. The average Bonchev–Trinajstić information content (AvgIpc) is 2.22. The summed E-state index contributed by atoms with van der Waals surface area (Å²) >= 11 is 0. The summed E-state index contributed by atoms with van der Waals surface area (Å²) in [5.74, 6) is 3.84. The van der Waals surface area contributed by atoms with Crippen LogP contribution in [0.1, 0.15) is 12.8 Å². The van der Waals surface area contributed by atoms with Gasteiger partial charge in [-0.1, -0.05) is 0 Å². The summed E-state index contributed by atoms with van der Waals surface area (Å²) in [7, 11) is 0. The van der Waals surface area contributed by atoms with Crippen molar-refractivity contribution in [2.24, 2.45) is 5.84 Å². The molecule has 15 heavy (non-hydrogen) atoms. The Hall–Kier alpha value is -1.47. The Morgan fingerprint density at radius 3 is 2.53 bits per heavy atom. The van der Waals surface area contributed by atoms with E-state index in [0.717, 1.165) is 4.90 Å². The van der Waals surface area contributed by atoms with Gasteiger partial charge in [0, 0.05) is 13.0 Å². The molecule has 0 saturated carbocycles. The van der Waals surface area contributed by atoms with E-state index in [1.54, 1.807) is 0 Å². The molecule has 7 heteroatoms. The number of ether oxygens (including phenoxy) is 1. The lowest BCUT2D eigenvalue weighted by Gasteiger charge is -2.24. The number of morpholine rings is 1. The molecule has 1 aliphatic heterocycles. The molecule has 0 radical (unpaired) electrons. The van der Waals surface area contributed by atoms with Gasteiger partial charge in [0.2, 0.25) is 5.91 Å². The number of imide groups is 1. The molecule has 84 valence electrons. The van der Waals surface area contributed by atoms with Gasteiger partial charge in [-0.25, -0.2) is 5.84 Å². The zero-order chi connectivity index (χ0) is 11.3. The summed E-state index contributed by atoms with van der Waals surface area (Å²) in [6, 6.07) is 0. The maximum atomic E-state index is 11.2. The third-order valence-electron chi connectivity index (χ3n) is 2.00. The summed E-state index contributed by atoms with van der Waals surface area (Å²) < 4.78 is 4.73. The molecule has 0 bridgehead atoms. The van der Waals surface area contributed by atoms with Crippen LogP contribution in [0.25, 0.3) is 0 Å². The van der Waals surface area contributed by atoms with Crippen molar-refractivity contribution in [3.05, 3.63) is 0 Å². The predicted molar refractivity (Wildman–Crippen MR) is 49.1 cm³/mol. The molecule has 0 aliphatic carbocycles. The lowest BCUT2D eigenvalue weighted by Crippen LogP contribution is -2.46. The maximum absolute atomic E-state index is 11.2. The van der Waals surface area contributed by atoms with Crippen LogP contribution in [-0.2, 0) is 19.1 Å². The molecule has 1 heterocycles. The van der Waals surface area contributed by atoms with Crippen molar-refractivity contribution < 1.29 is 19.1 Å². The number of amides is 3. The van der Waals surface area contributed by atoms with Crippen LogP contribution in [-0.4, -0.2) is 42.4 Å². The van der Waals surface area contributed by atoms with Gasteiger partial charge in [0.25, 0.3) is 11.8 Å². The van der Waals surface area contributed by atoms with E-state index in [4.69, 9.17) is 10.6 Å². The molecule has 0 aromatic heterocycles. The van der Waals surface area contributed by atoms with E-state index < -0.39 is 0 Å². The van der Waals surface area contributed by atoms with Gasteiger partial charge in [-0.2, -0.15) is 0 Å². The second kappa shape index (κ2) is 5.42. The van der Waals surface area contributed by atoms with Gasteiger partial charge in [0.1, 0.15) is 13.2 Å². The summed E-state index contributed by atoms with van der Waals surface area (Å²) in [5, 5.41) is 0. The number of hydrogen-bond acceptors (Lipinski definition) is 5. The smallest absolute Gasteiger partial charge is 0.255 e. The Bertz CT molecular complexity index is 263. The first-order valence-electron chi connectivity index (χ1n) is 4.55. The van der Waals surface area contributed by atoms with E-state index in [9.17, 15) is 14.4 Å². The van der Waals surface area contributed by atoms with Gasteiger partial charge >= 0.3 is 0 Å². The first-order valence-corrected chi connectivity index (χ1v) is 4.55. The largest absolute Gasteiger partial charge is 0.362 e. The number of carbonyl (C=O) groups excluding carboxylic acids is 3. The quantitative estimate of drug-likeness (QED) is 0.248. The van der Waals surface area contributed by atoms with Crippen LogP contribution in [0.15, 0.2) is 0 Å². The fraction of sp³-hybridized carbons (Fsp3) is 0.625. The van der Waals surface area contributed by atoms with Crippen molar-refractivity contribution in [2.45, 2.75) is 12.8 Å². The number of carbonyl (C=O) groups is 3. The Morgan fingerprint density at radius 1 is 1.40 bits per heavy atom. The second-order valence-corrected chi connectivity index (χ2v) is 3.10. The lowest BCUT2D eigenvalue weighted by atomic mass is 10.2. The van der Waals surface area contributed by atoms with Crippen molar-refractivity contribution in [3.8, 4) is 0 Å². The van der Waals surface area contributed by atoms with Crippen molar-refractivity contribution >= 4 is 17.7 Å². The van der Waals surface area contributed by atoms with E-state index in [-0.39, 0.29) is 43.9 Å². The summed E-state index contributed by atoms with van der Waals surface area (Å²) in [6.07, 6.45) is 0.592. The predicted octanol–water partition coefficient (Wildman–Crippen LogP) is -1.86.